The first-order valence-corrected chi connectivity index (χ1v) is 14.8. The Balaban J connectivity index is 1.65. The van der Waals surface area contributed by atoms with Gasteiger partial charge in [0.15, 0.2) is 0 Å². The zero-order chi connectivity index (χ0) is 30.4. The van der Waals surface area contributed by atoms with Crippen LogP contribution >= 0.6 is 0 Å². The quantitative estimate of drug-likeness (QED) is 0.415. The van der Waals surface area contributed by atoms with E-state index in [2.05, 4.69) is 17.2 Å². The minimum absolute atomic E-state index is 0.0597. The lowest BCUT2D eigenvalue weighted by molar-refractivity contribution is 0.0830. The molecule has 2 amide bonds. The van der Waals surface area contributed by atoms with Crippen LogP contribution in [0.25, 0.3) is 0 Å². The second-order valence-corrected chi connectivity index (χ2v) is 12.1. The average molecular weight is 596 g/mol. The van der Waals surface area contributed by atoms with E-state index >= 15 is 0 Å². The van der Waals surface area contributed by atoms with E-state index in [1.54, 1.807) is 69.6 Å². The maximum atomic E-state index is 13.7. The predicted octanol–water partition coefficient (Wildman–Crippen LogP) is 4.17. The number of amides is 2. The molecule has 4 rings (SSSR count). The second kappa shape index (κ2) is 13.2. The Labute approximate surface area is 245 Å². The molecule has 2 N–H and O–H groups in total. The first-order chi connectivity index (χ1) is 20.0. The first kappa shape index (κ1) is 30.8. The number of methoxy groups -OCH3 is 1. The molecule has 0 radical (unpaired) electrons. The zero-order valence-corrected chi connectivity index (χ0v) is 24.7. The fourth-order valence-electron chi connectivity index (χ4n) is 4.47. The number of halogens is 1. The summed E-state index contributed by atoms with van der Waals surface area (Å²) in [5.74, 6) is 5.88. The lowest BCUT2D eigenvalue weighted by atomic mass is 10.0. The highest BCUT2D eigenvalue weighted by Crippen LogP contribution is 2.34. The van der Waals surface area contributed by atoms with Gasteiger partial charge in [-0.1, -0.05) is 24.8 Å². The van der Waals surface area contributed by atoms with Crippen LogP contribution in [-0.2, 0) is 10.0 Å². The molecule has 9 nitrogen and oxygen atoms in total. The van der Waals surface area contributed by atoms with Crippen LogP contribution in [-0.4, -0.2) is 74.8 Å². The standard InChI is InChI=1S/C31H34FN3O6S/c1-21-18-35(22(2)20-36)42(38,39)30-15-12-24(9-8-23-10-13-25(32)14-11-23)16-28(30)41-29(21)19-34(3)31(37)33-26-6-5-7-27(17-26)40-4/h5-7,10-17,21-22,29,36H,18-20H2,1-4H3,(H,33,37)/t21-,22-,29+/m1/s1. The number of carbonyl (C=O) groups excluding carboxylic acids is 1. The van der Waals surface area contributed by atoms with E-state index in [4.69, 9.17) is 9.47 Å². The topological polar surface area (TPSA) is 108 Å². The number of aliphatic hydroxyl groups excluding tert-OH is 1. The van der Waals surface area contributed by atoms with E-state index < -0.39 is 22.2 Å². The van der Waals surface area contributed by atoms with Crippen molar-refractivity contribution >= 4 is 21.7 Å². The van der Waals surface area contributed by atoms with Crippen LogP contribution < -0.4 is 14.8 Å². The van der Waals surface area contributed by atoms with E-state index in [-0.39, 0.29) is 48.1 Å². The van der Waals surface area contributed by atoms with Gasteiger partial charge in [0, 0.05) is 48.4 Å². The van der Waals surface area contributed by atoms with Crippen molar-refractivity contribution < 1.29 is 32.2 Å². The molecule has 1 aliphatic rings. The predicted molar refractivity (Wildman–Crippen MR) is 157 cm³/mol. The van der Waals surface area contributed by atoms with Crippen LogP contribution in [0.3, 0.4) is 0 Å². The second-order valence-electron chi connectivity index (χ2n) is 10.2. The lowest BCUT2D eigenvalue weighted by Crippen LogP contribution is -2.50. The number of hydrogen-bond acceptors (Lipinski definition) is 6. The Kier molecular flexibility index (Phi) is 9.73. The van der Waals surface area contributed by atoms with E-state index in [9.17, 15) is 22.7 Å². The molecule has 1 heterocycles. The summed E-state index contributed by atoms with van der Waals surface area (Å²) >= 11 is 0. The number of nitrogens with one attached hydrogen (secondary N) is 1. The highest BCUT2D eigenvalue weighted by Gasteiger charge is 2.38. The number of rotatable bonds is 6. The molecule has 3 aromatic carbocycles. The first-order valence-electron chi connectivity index (χ1n) is 13.4. The summed E-state index contributed by atoms with van der Waals surface area (Å²) in [7, 11) is -0.871. The summed E-state index contributed by atoms with van der Waals surface area (Å²) in [5, 5.41) is 12.7. The molecule has 0 fully saturated rings. The lowest BCUT2D eigenvalue weighted by Gasteiger charge is -2.37. The van der Waals surface area contributed by atoms with Gasteiger partial charge in [-0.15, -0.1) is 0 Å². The van der Waals surface area contributed by atoms with Gasteiger partial charge in [0.2, 0.25) is 10.0 Å². The number of carbonyl (C=O) groups is 1. The van der Waals surface area contributed by atoms with Crippen molar-refractivity contribution in [3.63, 3.8) is 0 Å². The summed E-state index contributed by atoms with van der Waals surface area (Å²) in [6.45, 7) is 3.33. The number of urea groups is 1. The Morgan fingerprint density at radius 3 is 2.55 bits per heavy atom. The van der Waals surface area contributed by atoms with Crippen LogP contribution in [0.5, 0.6) is 11.5 Å². The summed E-state index contributed by atoms with van der Waals surface area (Å²) in [5.41, 5.74) is 1.64. The van der Waals surface area contributed by atoms with E-state index in [1.807, 2.05) is 6.92 Å². The molecule has 0 aliphatic carbocycles. The maximum Gasteiger partial charge on any atom is 0.321 e. The number of likely N-dealkylation sites (N-methyl/N-ethyl adjacent to an activating group) is 1. The normalized spacial score (nSPS) is 18.6. The minimum Gasteiger partial charge on any atom is -0.497 e. The monoisotopic (exact) mass is 595 g/mol. The highest BCUT2D eigenvalue weighted by molar-refractivity contribution is 7.89. The van der Waals surface area contributed by atoms with E-state index in [0.717, 1.165) is 0 Å². The molecule has 42 heavy (non-hydrogen) atoms. The molecule has 1 aliphatic heterocycles. The number of anilines is 1. The van der Waals surface area contributed by atoms with Crippen LogP contribution in [0.1, 0.15) is 25.0 Å². The van der Waals surface area contributed by atoms with E-state index in [0.29, 0.717) is 22.6 Å². The third-order valence-corrected chi connectivity index (χ3v) is 9.00. The van der Waals surface area contributed by atoms with Crippen molar-refractivity contribution in [3.8, 4) is 23.3 Å². The smallest absolute Gasteiger partial charge is 0.321 e. The Hall–Kier alpha value is -4.11. The number of nitrogens with zero attached hydrogens (tertiary/aromatic N) is 2. The molecule has 0 saturated carbocycles. The summed E-state index contributed by atoms with van der Waals surface area (Å²) in [6, 6.07) is 16.2. The van der Waals surface area contributed by atoms with Gasteiger partial charge in [-0.3, -0.25) is 0 Å². The van der Waals surface area contributed by atoms with Crippen LogP contribution in [0.15, 0.2) is 71.6 Å². The average Bonchev–Trinajstić information content (AvgIpc) is 2.98. The van der Waals surface area contributed by atoms with Crippen molar-refractivity contribution in [3.05, 3.63) is 83.7 Å². The molecule has 0 aromatic heterocycles. The Morgan fingerprint density at radius 2 is 1.86 bits per heavy atom. The summed E-state index contributed by atoms with van der Waals surface area (Å²) in [4.78, 5) is 14.5. The fourth-order valence-corrected chi connectivity index (χ4v) is 6.30. The Bertz CT molecular complexity index is 1590. The number of sulfonamides is 1. The zero-order valence-electron chi connectivity index (χ0n) is 23.9. The SMILES string of the molecule is COc1cccc(NC(=O)N(C)C[C@@H]2Oc3cc(C#Cc4ccc(F)cc4)ccc3S(=O)(=O)N([C@H](C)CO)C[C@H]2C)c1. The summed E-state index contributed by atoms with van der Waals surface area (Å²) < 4.78 is 53.5. The number of fused-ring (bicyclic) bond motifs is 1. The van der Waals surface area contributed by atoms with Gasteiger partial charge in [-0.2, -0.15) is 4.31 Å². The molecule has 0 bridgehead atoms. The van der Waals surface area contributed by atoms with Gasteiger partial charge in [-0.25, -0.2) is 17.6 Å². The minimum atomic E-state index is -4.04. The largest absolute Gasteiger partial charge is 0.497 e. The van der Waals surface area contributed by atoms with Gasteiger partial charge in [0.25, 0.3) is 0 Å². The third kappa shape index (κ3) is 7.20. The van der Waals surface area contributed by atoms with Crippen LogP contribution in [0.4, 0.5) is 14.9 Å². The third-order valence-electron chi connectivity index (χ3n) is 6.98. The molecular formula is C31H34FN3O6S. The number of benzene rings is 3. The van der Waals surface area contributed by atoms with Crippen molar-refractivity contribution in [1.29, 1.82) is 0 Å². The molecule has 0 spiro atoms. The fraction of sp³-hybridized carbons (Fsp3) is 0.323. The van der Waals surface area contributed by atoms with Crippen molar-refractivity contribution in [2.75, 3.05) is 39.2 Å². The van der Waals surface area contributed by atoms with Gasteiger partial charge in [0.05, 0.1) is 20.3 Å². The molecule has 3 atom stereocenters. The van der Waals surface area contributed by atoms with Crippen molar-refractivity contribution in [1.82, 2.24) is 9.21 Å². The molecule has 11 heteroatoms. The summed E-state index contributed by atoms with van der Waals surface area (Å²) in [6.07, 6.45) is -0.603. The molecule has 222 valence electrons. The molecule has 3 aromatic rings. The van der Waals surface area contributed by atoms with Crippen molar-refractivity contribution in [2.24, 2.45) is 5.92 Å². The number of aliphatic hydroxyl groups is 1. The maximum absolute atomic E-state index is 13.7. The molecular weight excluding hydrogens is 561 g/mol. The molecule has 0 unspecified atom stereocenters. The highest BCUT2D eigenvalue weighted by atomic mass is 32.2. The van der Waals surface area contributed by atoms with Gasteiger partial charge in [0.1, 0.15) is 28.3 Å². The van der Waals surface area contributed by atoms with Crippen LogP contribution in [0, 0.1) is 23.6 Å². The number of ether oxygens (including phenoxy) is 2. The van der Waals surface area contributed by atoms with Crippen LogP contribution in [0.2, 0.25) is 0 Å². The Morgan fingerprint density at radius 1 is 1.17 bits per heavy atom. The van der Waals surface area contributed by atoms with Crippen molar-refractivity contribution in [2.45, 2.75) is 30.9 Å². The van der Waals surface area contributed by atoms with Gasteiger partial charge in [-0.05, 0) is 61.5 Å². The van der Waals surface area contributed by atoms with E-state index in [1.165, 1.54) is 27.4 Å². The molecule has 0 saturated heterocycles. The van der Waals surface area contributed by atoms with Gasteiger partial charge < -0.3 is 24.8 Å². The number of hydrogen-bond donors (Lipinski definition) is 2. The van der Waals surface area contributed by atoms with Gasteiger partial charge >= 0.3 is 6.03 Å².